The zero-order chi connectivity index (χ0) is 15.9. The average Bonchev–Trinajstić information content (AvgIpc) is 2.49. The Bertz CT molecular complexity index is 657. The van der Waals surface area contributed by atoms with Gasteiger partial charge >= 0.3 is 0 Å². The summed E-state index contributed by atoms with van der Waals surface area (Å²) >= 11 is 7.31. The fraction of sp³-hybridized carbons (Fsp3) is 0.125. The molecule has 0 radical (unpaired) electrons. The molecule has 0 fully saturated rings. The molecule has 0 aromatic heterocycles. The van der Waals surface area contributed by atoms with E-state index in [0.717, 1.165) is 14.8 Å². The van der Waals surface area contributed by atoms with Crippen LogP contribution in [0.15, 0.2) is 48.5 Å². The van der Waals surface area contributed by atoms with Gasteiger partial charge in [0.15, 0.2) is 11.7 Å². The molecule has 2 N–H and O–H groups in total. The first kappa shape index (κ1) is 16.7. The molecule has 114 valence electrons. The van der Waals surface area contributed by atoms with Crippen molar-refractivity contribution in [1.82, 2.24) is 5.32 Å². The van der Waals surface area contributed by atoms with Gasteiger partial charge in [-0.25, -0.2) is 0 Å². The van der Waals surface area contributed by atoms with Crippen LogP contribution in [0.4, 0.5) is 5.69 Å². The van der Waals surface area contributed by atoms with Crippen LogP contribution in [-0.4, -0.2) is 17.6 Å². The van der Waals surface area contributed by atoms with Crippen molar-refractivity contribution >= 4 is 51.5 Å². The monoisotopic (exact) mass is 426 g/mol. The van der Waals surface area contributed by atoms with E-state index in [2.05, 4.69) is 33.2 Å². The number of anilines is 1. The van der Waals surface area contributed by atoms with E-state index < -0.39 is 0 Å². The van der Waals surface area contributed by atoms with Gasteiger partial charge in [-0.2, -0.15) is 0 Å². The molecule has 2 aromatic rings. The first-order valence-electron chi connectivity index (χ1n) is 6.59. The lowest BCUT2D eigenvalue weighted by molar-refractivity contribution is -0.121. The van der Waals surface area contributed by atoms with Gasteiger partial charge in [0.1, 0.15) is 5.75 Å². The number of thiocarbonyl (C=S) groups is 1. The van der Waals surface area contributed by atoms with Crippen LogP contribution in [-0.2, 0) is 4.79 Å². The molecule has 0 unspecified atom stereocenters. The molecule has 2 rings (SSSR count). The maximum absolute atomic E-state index is 11.8. The lowest BCUT2D eigenvalue weighted by atomic mass is 10.2. The Hall–Kier alpha value is -1.67. The van der Waals surface area contributed by atoms with Gasteiger partial charge in [-0.05, 0) is 78.1 Å². The number of carbonyl (C=O) groups is 1. The van der Waals surface area contributed by atoms with Crippen LogP contribution >= 0.6 is 34.8 Å². The second-order valence-corrected chi connectivity index (χ2v) is 6.26. The second-order valence-electron chi connectivity index (χ2n) is 4.61. The van der Waals surface area contributed by atoms with E-state index in [-0.39, 0.29) is 17.6 Å². The Morgan fingerprint density at radius 2 is 1.77 bits per heavy atom. The van der Waals surface area contributed by atoms with Crippen LogP contribution in [0.3, 0.4) is 0 Å². The Kier molecular flexibility index (Phi) is 6.14. The van der Waals surface area contributed by atoms with Gasteiger partial charge in [0.05, 0.1) is 0 Å². The maximum Gasteiger partial charge on any atom is 0.264 e. The van der Waals surface area contributed by atoms with Gasteiger partial charge in [0.2, 0.25) is 0 Å². The number of benzene rings is 2. The topological polar surface area (TPSA) is 50.4 Å². The molecular formula is C16H15IN2O2S. The Morgan fingerprint density at radius 3 is 2.41 bits per heavy atom. The first-order valence-corrected chi connectivity index (χ1v) is 8.07. The van der Waals surface area contributed by atoms with E-state index in [4.69, 9.17) is 17.0 Å². The minimum Gasteiger partial charge on any atom is -0.484 e. The molecule has 0 bridgehead atoms. The summed E-state index contributed by atoms with van der Waals surface area (Å²) in [6, 6.07) is 15.2. The summed E-state index contributed by atoms with van der Waals surface area (Å²) in [6.45, 7) is 1.91. The van der Waals surface area contributed by atoms with Crippen molar-refractivity contribution < 1.29 is 9.53 Å². The summed E-state index contributed by atoms with van der Waals surface area (Å²) in [7, 11) is 0. The minimum atomic E-state index is -0.302. The second kappa shape index (κ2) is 8.09. The maximum atomic E-state index is 11.8. The third-order valence-electron chi connectivity index (χ3n) is 2.75. The largest absolute Gasteiger partial charge is 0.484 e. The van der Waals surface area contributed by atoms with Crippen molar-refractivity contribution in [2.45, 2.75) is 6.92 Å². The van der Waals surface area contributed by atoms with Crippen molar-refractivity contribution in [3.05, 3.63) is 57.7 Å². The number of carbonyl (C=O) groups excluding carboxylic acids is 1. The van der Waals surface area contributed by atoms with Gasteiger partial charge in [0.25, 0.3) is 5.91 Å². The molecule has 4 nitrogen and oxygen atoms in total. The van der Waals surface area contributed by atoms with Crippen molar-refractivity contribution in [3.8, 4) is 5.75 Å². The number of hydrogen-bond acceptors (Lipinski definition) is 3. The summed E-state index contributed by atoms with van der Waals surface area (Å²) in [5, 5.41) is 5.77. The normalized spacial score (nSPS) is 9.91. The van der Waals surface area contributed by atoms with Crippen molar-refractivity contribution in [3.63, 3.8) is 0 Å². The molecule has 6 heteroatoms. The van der Waals surface area contributed by atoms with Gasteiger partial charge in [-0.1, -0.05) is 17.7 Å². The number of hydrogen-bond donors (Lipinski definition) is 2. The molecule has 0 aliphatic rings. The summed E-state index contributed by atoms with van der Waals surface area (Å²) in [6.07, 6.45) is 0. The van der Waals surface area contributed by atoms with Crippen molar-refractivity contribution in [2.75, 3.05) is 11.9 Å². The Labute approximate surface area is 148 Å². The van der Waals surface area contributed by atoms with E-state index in [1.807, 2.05) is 55.5 Å². The summed E-state index contributed by atoms with van der Waals surface area (Å²) < 4.78 is 6.52. The van der Waals surface area contributed by atoms with E-state index in [1.165, 1.54) is 0 Å². The molecule has 0 aliphatic heterocycles. The summed E-state index contributed by atoms with van der Waals surface area (Å²) in [5.74, 6) is 0.348. The van der Waals surface area contributed by atoms with Gasteiger partial charge in [0, 0.05) is 9.26 Å². The molecule has 0 aliphatic carbocycles. The lowest BCUT2D eigenvalue weighted by Gasteiger charge is -2.10. The highest BCUT2D eigenvalue weighted by Crippen LogP contribution is 2.12. The van der Waals surface area contributed by atoms with Crippen LogP contribution in [0.5, 0.6) is 5.75 Å². The van der Waals surface area contributed by atoms with Crippen LogP contribution in [0.2, 0.25) is 0 Å². The highest BCUT2D eigenvalue weighted by atomic mass is 127. The van der Waals surface area contributed by atoms with Crippen molar-refractivity contribution in [2.24, 2.45) is 0 Å². The number of halogens is 1. The number of ether oxygens (including phenoxy) is 1. The highest BCUT2D eigenvalue weighted by molar-refractivity contribution is 14.1. The number of amides is 1. The average molecular weight is 426 g/mol. The SMILES string of the molecule is Cc1ccc(OCC(=O)NC(=S)Nc2ccc(I)cc2)cc1. The quantitative estimate of drug-likeness (QED) is 0.581. The molecule has 2 aromatic carbocycles. The van der Waals surface area contributed by atoms with Gasteiger partial charge in [-0.15, -0.1) is 0 Å². The standard InChI is InChI=1S/C16H15IN2O2S/c1-11-2-8-14(9-3-11)21-10-15(20)19-16(22)18-13-6-4-12(17)5-7-13/h2-9H,10H2,1H3,(H2,18,19,20,22). The zero-order valence-electron chi connectivity index (χ0n) is 11.9. The smallest absolute Gasteiger partial charge is 0.264 e. The molecule has 1 amide bonds. The fourth-order valence-electron chi connectivity index (χ4n) is 1.64. The molecule has 0 atom stereocenters. The number of rotatable bonds is 4. The third kappa shape index (κ3) is 5.61. The Balaban J connectivity index is 1.77. The summed E-state index contributed by atoms with van der Waals surface area (Å²) in [4.78, 5) is 11.8. The van der Waals surface area contributed by atoms with Crippen LogP contribution in [0.1, 0.15) is 5.56 Å². The molecule has 0 saturated carbocycles. The van der Waals surface area contributed by atoms with E-state index in [1.54, 1.807) is 0 Å². The Morgan fingerprint density at radius 1 is 1.14 bits per heavy atom. The predicted octanol–water partition coefficient (Wildman–Crippen LogP) is 3.49. The number of aryl methyl sites for hydroxylation is 1. The van der Waals surface area contributed by atoms with Gasteiger partial charge < -0.3 is 10.1 Å². The molecule has 0 saturated heterocycles. The van der Waals surface area contributed by atoms with Crippen molar-refractivity contribution in [1.29, 1.82) is 0 Å². The third-order valence-corrected chi connectivity index (χ3v) is 3.67. The highest BCUT2D eigenvalue weighted by Gasteiger charge is 2.06. The van der Waals surface area contributed by atoms with Crippen LogP contribution < -0.4 is 15.4 Å². The van der Waals surface area contributed by atoms with E-state index >= 15 is 0 Å². The molecule has 0 heterocycles. The number of nitrogens with one attached hydrogen (secondary N) is 2. The van der Waals surface area contributed by atoms with E-state index in [9.17, 15) is 4.79 Å². The molecular weight excluding hydrogens is 411 g/mol. The van der Waals surface area contributed by atoms with Gasteiger partial charge in [-0.3, -0.25) is 10.1 Å². The van der Waals surface area contributed by atoms with Crippen LogP contribution in [0, 0.1) is 10.5 Å². The molecule has 22 heavy (non-hydrogen) atoms. The predicted molar refractivity (Wildman–Crippen MR) is 100 cm³/mol. The summed E-state index contributed by atoms with van der Waals surface area (Å²) in [5.41, 5.74) is 1.96. The van der Waals surface area contributed by atoms with Crippen LogP contribution in [0.25, 0.3) is 0 Å². The lowest BCUT2D eigenvalue weighted by Crippen LogP contribution is -2.37. The zero-order valence-corrected chi connectivity index (χ0v) is 14.9. The fourth-order valence-corrected chi connectivity index (χ4v) is 2.23. The molecule has 0 spiro atoms. The minimum absolute atomic E-state index is 0.0857. The first-order chi connectivity index (χ1) is 10.5. The van der Waals surface area contributed by atoms with E-state index in [0.29, 0.717) is 5.75 Å².